The van der Waals surface area contributed by atoms with Crippen LogP contribution < -0.4 is 20.6 Å². The standard InChI is InChI=1S/C19H23N5O2/c25-19(22-26)15-3-1-14(2-4-15)13-24-10-6-16-17(5-7-21-18(16)24)23-11-8-20-9-12-23/h1-5,7,20,26H,6,8-13H2,(H,22,25). The molecule has 3 heterocycles. The molecule has 1 amide bonds. The second-order valence-corrected chi connectivity index (χ2v) is 6.68. The summed E-state index contributed by atoms with van der Waals surface area (Å²) >= 11 is 0. The minimum Gasteiger partial charge on any atom is -0.369 e. The average molecular weight is 353 g/mol. The predicted molar refractivity (Wildman–Crippen MR) is 99.8 cm³/mol. The fraction of sp³-hybridized carbons (Fsp3) is 0.368. The van der Waals surface area contributed by atoms with Gasteiger partial charge in [-0.2, -0.15) is 0 Å². The van der Waals surface area contributed by atoms with Crippen molar-refractivity contribution >= 4 is 17.4 Å². The molecule has 26 heavy (non-hydrogen) atoms. The molecule has 3 N–H and O–H groups in total. The molecule has 0 radical (unpaired) electrons. The van der Waals surface area contributed by atoms with Crippen molar-refractivity contribution in [2.24, 2.45) is 0 Å². The number of amides is 1. The maximum atomic E-state index is 11.4. The molecule has 2 aliphatic rings. The van der Waals surface area contributed by atoms with Gasteiger partial charge in [0.15, 0.2) is 0 Å². The van der Waals surface area contributed by atoms with Crippen molar-refractivity contribution in [2.45, 2.75) is 13.0 Å². The van der Waals surface area contributed by atoms with Crippen molar-refractivity contribution in [3.63, 3.8) is 0 Å². The minimum atomic E-state index is -0.495. The van der Waals surface area contributed by atoms with Gasteiger partial charge in [0.25, 0.3) is 5.91 Å². The van der Waals surface area contributed by atoms with E-state index in [4.69, 9.17) is 5.21 Å². The highest BCUT2D eigenvalue weighted by atomic mass is 16.5. The minimum absolute atomic E-state index is 0.442. The van der Waals surface area contributed by atoms with Crippen LogP contribution in [0.5, 0.6) is 0 Å². The number of benzene rings is 1. The summed E-state index contributed by atoms with van der Waals surface area (Å²) < 4.78 is 0. The molecule has 136 valence electrons. The Morgan fingerprint density at radius 2 is 1.92 bits per heavy atom. The van der Waals surface area contributed by atoms with Crippen molar-refractivity contribution < 1.29 is 10.0 Å². The van der Waals surface area contributed by atoms with Gasteiger partial charge in [-0.3, -0.25) is 10.0 Å². The molecule has 0 atom stereocenters. The molecule has 2 aliphatic heterocycles. The zero-order valence-corrected chi connectivity index (χ0v) is 14.6. The Hall–Kier alpha value is -2.64. The van der Waals surface area contributed by atoms with Gasteiger partial charge < -0.3 is 15.1 Å². The molecule has 4 rings (SSSR count). The third-order valence-corrected chi connectivity index (χ3v) is 5.09. The number of nitrogens with one attached hydrogen (secondary N) is 2. The predicted octanol–water partition coefficient (Wildman–Crippen LogP) is 1.17. The Morgan fingerprint density at radius 3 is 2.65 bits per heavy atom. The van der Waals surface area contributed by atoms with Gasteiger partial charge in [-0.05, 0) is 30.2 Å². The van der Waals surface area contributed by atoms with E-state index in [9.17, 15) is 4.79 Å². The van der Waals surface area contributed by atoms with Crippen LogP contribution in [0, 0.1) is 0 Å². The summed E-state index contributed by atoms with van der Waals surface area (Å²) in [7, 11) is 0. The van der Waals surface area contributed by atoms with Crippen LogP contribution in [0.2, 0.25) is 0 Å². The van der Waals surface area contributed by atoms with Crippen LogP contribution in [0.15, 0.2) is 36.5 Å². The Morgan fingerprint density at radius 1 is 1.15 bits per heavy atom. The van der Waals surface area contributed by atoms with E-state index in [-0.39, 0.29) is 0 Å². The Labute approximate surface area is 152 Å². The van der Waals surface area contributed by atoms with Crippen molar-refractivity contribution in [1.29, 1.82) is 0 Å². The van der Waals surface area contributed by atoms with Gasteiger partial charge in [-0.25, -0.2) is 10.5 Å². The maximum absolute atomic E-state index is 11.4. The van der Waals surface area contributed by atoms with E-state index in [0.29, 0.717) is 5.56 Å². The van der Waals surface area contributed by atoms with Gasteiger partial charge in [0, 0.05) is 62.3 Å². The number of aromatic nitrogens is 1. The summed E-state index contributed by atoms with van der Waals surface area (Å²) in [6.07, 6.45) is 2.91. The number of rotatable bonds is 4. The number of hydrogen-bond donors (Lipinski definition) is 3. The number of pyridine rings is 1. The van der Waals surface area contributed by atoms with Crippen LogP contribution in [0.3, 0.4) is 0 Å². The number of hydroxylamine groups is 1. The first-order valence-electron chi connectivity index (χ1n) is 8.98. The lowest BCUT2D eigenvalue weighted by Gasteiger charge is -2.31. The Balaban J connectivity index is 1.52. The summed E-state index contributed by atoms with van der Waals surface area (Å²) in [4.78, 5) is 20.8. The molecule has 7 heteroatoms. The van der Waals surface area contributed by atoms with Gasteiger partial charge in [-0.15, -0.1) is 0 Å². The first-order chi connectivity index (χ1) is 12.8. The van der Waals surface area contributed by atoms with Crippen LogP contribution >= 0.6 is 0 Å². The van der Waals surface area contributed by atoms with E-state index in [1.165, 1.54) is 11.3 Å². The molecule has 1 saturated heterocycles. The Kier molecular flexibility index (Phi) is 4.73. The third kappa shape index (κ3) is 3.23. The highest BCUT2D eigenvalue weighted by Gasteiger charge is 2.26. The molecule has 7 nitrogen and oxygen atoms in total. The number of anilines is 2. The molecular weight excluding hydrogens is 330 g/mol. The van der Waals surface area contributed by atoms with Crippen LogP contribution in [0.4, 0.5) is 11.5 Å². The van der Waals surface area contributed by atoms with E-state index in [1.807, 2.05) is 18.3 Å². The zero-order valence-electron chi connectivity index (χ0n) is 14.6. The van der Waals surface area contributed by atoms with Gasteiger partial charge in [0.1, 0.15) is 5.82 Å². The number of carbonyl (C=O) groups is 1. The number of hydrogen-bond acceptors (Lipinski definition) is 6. The van der Waals surface area contributed by atoms with E-state index < -0.39 is 5.91 Å². The molecule has 1 aromatic carbocycles. The fourth-order valence-electron chi connectivity index (χ4n) is 3.74. The van der Waals surface area contributed by atoms with E-state index in [1.54, 1.807) is 17.6 Å². The summed E-state index contributed by atoms with van der Waals surface area (Å²) in [6, 6.07) is 9.42. The van der Waals surface area contributed by atoms with Crippen molar-refractivity contribution in [3.8, 4) is 0 Å². The molecule has 0 aliphatic carbocycles. The van der Waals surface area contributed by atoms with Crippen LogP contribution in [-0.4, -0.2) is 48.8 Å². The zero-order chi connectivity index (χ0) is 17.9. The molecule has 0 bridgehead atoms. The highest BCUT2D eigenvalue weighted by Crippen LogP contribution is 2.34. The highest BCUT2D eigenvalue weighted by molar-refractivity contribution is 5.93. The van der Waals surface area contributed by atoms with Gasteiger partial charge in [-0.1, -0.05) is 12.1 Å². The quantitative estimate of drug-likeness (QED) is 0.566. The number of fused-ring (bicyclic) bond motifs is 1. The molecule has 1 fully saturated rings. The normalized spacial score (nSPS) is 16.5. The largest absolute Gasteiger partial charge is 0.369 e. The van der Waals surface area contributed by atoms with Gasteiger partial charge >= 0.3 is 0 Å². The molecule has 0 saturated carbocycles. The van der Waals surface area contributed by atoms with Crippen molar-refractivity contribution in [2.75, 3.05) is 42.5 Å². The Bertz CT molecular complexity index is 787. The lowest BCUT2D eigenvalue weighted by atomic mass is 10.1. The van der Waals surface area contributed by atoms with Crippen LogP contribution in [0.1, 0.15) is 21.5 Å². The number of piperazine rings is 1. The first-order valence-corrected chi connectivity index (χ1v) is 8.98. The van der Waals surface area contributed by atoms with Gasteiger partial charge in [0.05, 0.1) is 0 Å². The molecular formula is C19H23N5O2. The molecule has 0 spiro atoms. The van der Waals surface area contributed by atoms with Crippen LogP contribution in [0.25, 0.3) is 0 Å². The molecule has 1 aromatic heterocycles. The first kappa shape index (κ1) is 16.8. The average Bonchev–Trinajstić information content (AvgIpc) is 3.11. The number of nitrogens with zero attached hydrogens (tertiary/aromatic N) is 3. The summed E-state index contributed by atoms with van der Waals surface area (Å²) in [5, 5.41) is 12.1. The van der Waals surface area contributed by atoms with E-state index >= 15 is 0 Å². The van der Waals surface area contributed by atoms with E-state index in [2.05, 4.69) is 26.2 Å². The lowest BCUT2D eigenvalue weighted by molar-refractivity contribution is 0.0706. The van der Waals surface area contributed by atoms with E-state index in [0.717, 1.165) is 57.1 Å². The molecule has 0 unspecified atom stereocenters. The SMILES string of the molecule is O=C(NO)c1ccc(CN2CCc3c(N4CCNCC4)ccnc32)cc1. The monoisotopic (exact) mass is 353 g/mol. The smallest absolute Gasteiger partial charge is 0.274 e. The summed E-state index contributed by atoms with van der Waals surface area (Å²) in [5.41, 5.74) is 5.86. The second-order valence-electron chi connectivity index (χ2n) is 6.68. The lowest BCUT2D eigenvalue weighted by Crippen LogP contribution is -2.43. The summed E-state index contributed by atoms with van der Waals surface area (Å²) in [5.74, 6) is 0.573. The fourth-order valence-corrected chi connectivity index (χ4v) is 3.74. The number of carbonyl (C=O) groups excluding carboxylic acids is 1. The second kappa shape index (κ2) is 7.31. The van der Waals surface area contributed by atoms with Gasteiger partial charge in [0.2, 0.25) is 0 Å². The topological polar surface area (TPSA) is 80.7 Å². The maximum Gasteiger partial charge on any atom is 0.274 e. The third-order valence-electron chi connectivity index (χ3n) is 5.09. The van der Waals surface area contributed by atoms with Crippen LogP contribution in [-0.2, 0) is 13.0 Å². The molecule has 2 aromatic rings. The van der Waals surface area contributed by atoms with Crippen molar-refractivity contribution in [3.05, 3.63) is 53.2 Å². The van der Waals surface area contributed by atoms with Crippen molar-refractivity contribution in [1.82, 2.24) is 15.8 Å². The summed E-state index contributed by atoms with van der Waals surface area (Å²) in [6.45, 7) is 5.81.